The summed E-state index contributed by atoms with van der Waals surface area (Å²) < 4.78 is 24.6. The van der Waals surface area contributed by atoms with Crippen molar-refractivity contribution in [3.63, 3.8) is 0 Å². The quantitative estimate of drug-likeness (QED) is 0.820. The van der Waals surface area contributed by atoms with Crippen LogP contribution in [0.2, 0.25) is 0 Å². The molecule has 2 aliphatic carbocycles. The standard InChI is InChI=1S/C12H23NO2S/c13-8-11-6-3-7-12(11)16(14,15)9-10-4-1-2-5-10/h10-12H,1-9,13H2. The van der Waals surface area contributed by atoms with E-state index in [-0.39, 0.29) is 11.2 Å². The predicted molar refractivity (Wildman–Crippen MR) is 65.9 cm³/mol. The van der Waals surface area contributed by atoms with E-state index in [1.54, 1.807) is 0 Å². The lowest BCUT2D eigenvalue weighted by Gasteiger charge is -2.20. The fraction of sp³-hybridized carbons (Fsp3) is 1.00. The third-order valence-electron chi connectivity index (χ3n) is 4.30. The molecule has 16 heavy (non-hydrogen) atoms. The SMILES string of the molecule is NCC1CCCC1S(=O)(=O)CC1CCCC1. The van der Waals surface area contributed by atoms with Crippen LogP contribution in [0.5, 0.6) is 0 Å². The molecule has 0 heterocycles. The minimum absolute atomic E-state index is 0.127. The molecule has 4 heteroatoms. The first kappa shape index (κ1) is 12.4. The van der Waals surface area contributed by atoms with Crippen molar-refractivity contribution in [3.8, 4) is 0 Å². The zero-order valence-electron chi connectivity index (χ0n) is 9.90. The molecule has 0 amide bonds. The Balaban J connectivity index is 2.00. The largest absolute Gasteiger partial charge is 0.330 e. The van der Waals surface area contributed by atoms with Crippen LogP contribution in [0.25, 0.3) is 0 Å². The Morgan fingerprint density at radius 2 is 1.69 bits per heavy atom. The van der Waals surface area contributed by atoms with E-state index in [9.17, 15) is 8.42 Å². The predicted octanol–water partition coefficient (Wildman–Crippen LogP) is 1.72. The van der Waals surface area contributed by atoms with Crippen molar-refractivity contribution in [2.75, 3.05) is 12.3 Å². The molecule has 0 aromatic heterocycles. The van der Waals surface area contributed by atoms with Gasteiger partial charge in [0.15, 0.2) is 9.84 Å². The minimum Gasteiger partial charge on any atom is -0.330 e. The minimum atomic E-state index is -2.88. The van der Waals surface area contributed by atoms with Gasteiger partial charge in [-0.3, -0.25) is 0 Å². The summed E-state index contributed by atoms with van der Waals surface area (Å²) >= 11 is 0. The van der Waals surface area contributed by atoms with Crippen LogP contribution in [0.4, 0.5) is 0 Å². The summed E-state index contributed by atoms with van der Waals surface area (Å²) in [6.07, 6.45) is 7.53. The van der Waals surface area contributed by atoms with Crippen molar-refractivity contribution in [1.29, 1.82) is 0 Å². The molecular formula is C12H23NO2S. The first-order valence-electron chi connectivity index (χ1n) is 6.55. The summed E-state index contributed by atoms with van der Waals surface area (Å²) in [5, 5.41) is -0.127. The molecule has 2 rings (SSSR count). The molecule has 2 fully saturated rings. The van der Waals surface area contributed by atoms with E-state index >= 15 is 0 Å². The normalized spacial score (nSPS) is 32.3. The topological polar surface area (TPSA) is 60.2 Å². The highest BCUT2D eigenvalue weighted by Crippen LogP contribution is 2.34. The molecule has 0 radical (unpaired) electrons. The highest BCUT2D eigenvalue weighted by Gasteiger charge is 2.37. The summed E-state index contributed by atoms with van der Waals surface area (Å²) in [7, 11) is -2.88. The van der Waals surface area contributed by atoms with Gasteiger partial charge in [-0.25, -0.2) is 8.42 Å². The molecule has 2 atom stereocenters. The van der Waals surface area contributed by atoms with E-state index in [1.807, 2.05) is 0 Å². The Morgan fingerprint density at radius 3 is 2.31 bits per heavy atom. The number of hydrogen-bond donors (Lipinski definition) is 1. The van der Waals surface area contributed by atoms with Crippen LogP contribution in [0.15, 0.2) is 0 Å². The molecule has 2 saturated carbocycles. The van der Waals surface area contributed by atoms with E-state index < -0.39 is 9.84 Å². The summed E-state index contributed by atoms with van der Waals surface area (Å²) in [5.41, 5.74) is 5.66. The molecule has 0 bridgehead atoms. The average Bonchev–Trinajstić information content (AvgIpc) is 2.85. The summed E-state index contributed by atoms with van der Waals surface area (Å²) in [5.74, 6) is 1.09. The van der Waals surface area contributed by atoms with Gasteiger partial charge in [0.2, 0.25) is 0 Å². The molecular weight excluding hydrogens is 222 g/mol. The van der Waals surface area contributed by atoms with Crippen LogP contribution in [0.1, 0.15) is 44.9 Å². The lowest BCUT2D eigenvalue weighted by atomic mass is 10.1. The second kappa shape index (κ2) is 5.05. The molecule has 0 spiro atoms. The Hall–Kier alpha value is -0.0900. The molecule has 94 valence electrons. The number of sulfone groups is 1. The third kappa shape index (κ3) is 2.59. The Kier molecular flexibility index (Phi) is 3.90. The maximum absolute atomic E-state index is 12.3. The van der Waals surface area contributed by atoms with Crippen molar-refractivity contribution in [1.82, 2.24) is 0 Å². The Morgan fingerprint density at radius 1 is 1.00 bits per heavy atom. The van der Waals surface area contributed by atoms with Gasteiger partial charge in [0.1, 0.15) is 0 Å². The first-order valence-corrected chi connectivity index (χ1v) is 8.26. The molecule has 2 N–H and O–H groups in total. The van der Waals surface area contributed by atoms with E-state index in [4.69, 9.17) is 5.73 Å². The molecule has 0 aromatic carbocycles. The van der Waals surface area contributed by atoms with Gasteiger partial charge in [-0.2, -0.15) is 0 Å². The summed E-state index contributed by atoms with van der Waals surface area (Å²) in [6, 6.07) is 0. The molecule has 0 aliphatic heterocycles. The van der Waals surface area contributed by atoms with Gasteiger partial charge >= 0.3 is 0 Å². The van der Waals surface area contributed by atoms with Crippen molar-refractivity contribution < 1.29 is 8.42 Å². The highest BCUT2D eigenvalue weighted by molar-refractivity contribution is 7.92. The van der Waals surface area contributed by atoms with Crippen LogP contribution in [0.3, 0.4) is 0 Å². The van der Waals surface area contributed by atoms with E-state index in [0.717, 1.165) is 32.1 Å². The maximum atomic E-state index is 12.3. The van der Waals surface area contributed by atoms with Gasteiger partial charge in [-0.05, 0) is 44.1 Å². The number of nitrogens with two attached hydrogens (primary N) is 1. The number of hydrogen-bond acceptors (Lipinski definition) is 3. The van der Waals surface area contributed by atoms with Crippen molar-refractivity contribution in [2.24, 2.45) is 17.6 Å². The van der Waals surface area contributed by atoms with Crippen molar-refractivity contribution in [3.05, 3.63) is 0 Å². The van der Waals surface area contributed by atoms with Crippen LogP contribution in [-0.4, -0.2) is 26.0 Å². The van der Waals surface area contributed by atoms with E-state index in [2.05, 4.69) is 0 Å². The van der Waals surface area contributed by atoms with Gasteiger partial charge in [0, 0.05) is 0 Å². The van der Waals surface area contributed by atoms with Gasteiger partial charge in [-0.15, -0.1) is 0 Å². The Labute approximate surface area is 98.7 Å². The summed E-state index contributed by atoms with van der Waals surface area (Å²) in [4.78, 5) is 0. The second-order valence-electron chi connectivity index (χ2n) is 5.45. The van der Waals surface area contributed by atoms with E-state index in [1.165, 1.54) is 12.8 Å². The van der Waals surface area contributed by atoms with Crippen molar-refractivity contribution >= 4 is 9.84 Å². The lowest BCUT2D eigenvalue weighted by Crippen LogP contribution is -2.33. The fourth-order valence-electron chi connectivity index (χ4n) is 3.37. The number of rotatable bonds is 4. The first-order chi connectivity index (χ1) is 7.63. The molecule has 3 nitrogen and oxygen atoms in total. The molecule has 0 aromatic rings. The molecule has 2 aliphatic rings. The van der Waals surface area contributed by atoms with Gasteiger partial charge in [0.05, 0.1) is 11.0 Å². The zero-order valence-corrected chi connectivity index (χ0v) is 10.7. The van der Waals surface area contributed by atoms with E-state index in [0.29, 0.717) is 18.2 Å². The maximum Gasteiger partial charge on any atom is 0.153 e. The fourth-order valence-corrected chi connectivity index (χ4v) is 5.97. The van der Waals surface area contributed by atoms with Crippen LogP contribution >= 0.6 is 0 Å². The summed E-state index contributed by atoms with van der Waals surface area (Å²) in [6.45, 7) is 0.536. The van der Waals surface area contributed by atoms with Gasteiger partial charge < -0.3 is 5.73 Å². The van der Waals surface area contributed by atoms with Crippen LogP contribution < -0.4 is 5.73 Å². The molecule has 2 unspecified atom stereocenters. The van der Waals surface area contributed by atoms with Crippen molar-refractivity contribution in [2.45, 2.75) is 50.2 Å². The third-order valence-corrected chi connectivity index (χ3v) is 6.78. The Bertz CT molecular complexity index is 320. The second-order valence-corrected chi connectivity index (χ2v) is 7.71. The van der Waals surface area contributed by atoms with Gasteiger partial charge in [0.25, 0.3) is 0 Å². The van der Waals surface area contributed by atoms with Crippen LogP contribution in [0, 0.1) is 11.8 Å². The van der Waals surface area contributed by atoms with Gasteiger partial charge in [-0.1, -0.05) is 19.3 Å². The average molecular weight is 245 g/mol. The highest BCUT2D eigenvalue weighted by atomic mass is 32.2. The monoisotopic (exact) mass is 245 g/mol. The zero-order chi connectivity index (χ0) is 11.6. The lowest BCUT2D eigenvalue weighted by molar-refractivity contribution is 0.508. The smallest absolute Gasteiger partial charge is 0.153 e. The van der Waals surface area contributed by atoms with Crippen LogP contribution in [-0.2, 0) is 9.84 Å². The molecule has 0 saturated heterocycles.